The summed E-state index contributed by atoms with van der Waals surface area (Å²) >= 11 is 0. The highest BCUT2D eigenvalue weighted by Gasteiger charge is 2.38. The molecule has 0 aromatic heterocycles. The molecule has 0 N–H and O–H groups in total. The van der Waals surface area contributed by atoms with Crippen molar-refractivity contribution in [3.8, 4) is 0 Å². The summed E-state index contributed by atoms with van der Waals surface area (Å²) in [4.78, 5) is 0. The minimum Gasteiger partial charge on any atom is -0.373 e. The summed E-state index contributed by atoms with van der Waals surface area (Å²) in [7, 11) is 1.73. The summed E-state index contributed by atoms with van der Waals surface area (Å²) in [6, 6.07) is 0. The van der Waals surface area contributed by atoms with Crippen molar-refractivity contribution >= 4 is 0 Å². The molecule has 1 aliphatic heterocycles. The van der Waals surface area contributed by atoms with Crippen LogP contribution in [0.5, 0.6) is 0 Å². The van der Waals surface area contributed by atoms with E-state index >= 15 is 0 Å². The van der Waals surface area contributed by atoms with Crippen molar-refractivity contribution < 1.29 is 9.47 Å². The van der Waals surface area contributed by atoms with Gasteiger partial charge in [0.25, 0.3) is 0 Å². The van der Waals surface area contributed by atoms with Gasteiger partial charge in [0, 0.05) is 7.11 Å². The number of hydrogen-bond donors (Lipinski definition) is 0. The van der Waals surface area contributed by atoms with Crippen molar-refractivity contribution in [2.75, 3.05) is 13.7 Å². The Morgan fingerprint density at radius 1 is 1.78 bits per heavy atom. The van der Waals surface area contributed by atoms with Gasteiger partial charge in [-0.3, -0.25) is 0 Å². The van der Waals surface area contributed by atoms with Crippen LogP contribution in [0.25, 0.3) is 0 Å². The number of methoxy groups -OCH3 is 1. The molecule has 1 heterocycles. The molecular weight excluding hydrogens is 116 g/mol. The second kappa shape index (κ2) is 2.67. The summed E-state index contributed by atoms with van der Waals surface area (Å²) in [6.07, 6.45) is 2.22. The summed E-state index contributed by atoms with van der Waals surface area (Å²) in [5, 5.41) is 0. The van der Waals surface area contributed by atoms with Gasteiger partial charge in [-0.05, 0) is 6.42 Å². The smallest absolute Gasteiger partial charge is 0.120 e. The molecule has 0 amide bonds. The van der Waals surface area contributed by atoms with Gasteiger partial charge in [0.15, 0.2) is 0 Å². The van der Waals surface area contributed by atoms with Gasteiger partial charge in [-0.15, -0.1) is 0 Å². The maximum atomic E-state index is 5.23. The molecule has 0 aromatic rings. The highest BCUT2D eigenvalue weighted by Crippen LogP contribution is 2.29. The average molecular weight is 129 g/mol. The molecule has 2 heteroatoms. The topological polar surface area (TPSA) is 18.5 Å². The Morgan fingerprint density at radius 2 is 2.44 bits per heavy atom. The van der Waals surface area contributed by atoms with Gasteiger partial charge < -0.3 is 9.47 Å². The normalized spacial score (nSPS) is 23.3. The average Bonchev–Trinajstić information content (AvgIpc) is 1.79. The predicted octanol–water partition coefficient (Wildman–Crippen LogP) is 1.36. The first kappa shape index (κ1) is 7.03. The van der Waals surface area contributed by atoms with Gasteiger partial charge in [0.2, 0.25) is 0 Å². The quantitative estimate of drug-likeness (QED) is 0.573. The SMILES string of the molecule is CCCC1(OC)[CH]OC1. The van der Waals surface area contributed by atoms with Crippen LogP contribution in [0.2, 0.25) is 0 Å². The van der Waals surface area contributed by atoms with Crippen molar-refractivity contribution in [1.82, 2.24) is 0 Å². The third kappa shape index (κ3) is 1.25. The second-order valence-electron chi connectivity index (χ2n) is 2.45. The second-order valence-corrected chi connectivity index (χ2v) is 2.45. The van der Waals surface area contributed by atoms with Crippen LogP contribution in [0.4, 0.5) is 0 Å². The Bertz CT molecular complexity index is 81.4. The molecule has 0 bridgehead atoms. The number of ether oxygens (including phenoxy) is 2. The van der Waals surface area contributed by atoms with Crippen LogP contribution < -0.4 is 0 Å². The van der Waals surface area contributed by atoms with E-state index in [1.807, 2.05) is 0 Å². The van der Waals surface area contributed by atoms with E-state index in [-0.39, 0.29) is 5.60 Å². The van der Waals surface area contributed by atoms with E-state index in [1.165, 1.54) is 0 Å². The van der Waals surface area contributed by atoms with Crippen molar-refractivity contribution in [2.24, 2.45) is 0 Å². The summed E-state index contributed by atoms with van der Waals surface area (Å²) in [6.45, 7) is 4.67. The van der Waals surface area contributed by atoms with Crippen molar-refractivity contribution in [3.05, 3.63) is 6.61 Å². The van der Waals surface area contributed by atoms with Crippen molar-refractivity contribution in [2.45, 2.75) is 25.4 Å². The summed E-state index contributed by atoms with van der Waals surface area (Å²) in [5.74, 6) is 0. The predicted molar refractivity (Wildman–Crippen MR) is 34.9 cm³/mol. The van der Waals surface area contributed by atoms with Gasteiger partial charge in [-0.2, -0.15) is 0 Å². The van der Waals surface area contributed by atoms with Crippen molar-refractivity contribution in [3.63, 3.8) is 0 Å². The highest BCUT2D eigenvalue weighted by atomic mass is 16.6. The molecule has 0 saturated carbocycles. The van der Waals surface area contributed by atoms with Crippen LogP contribution in [-0.4, -0.2) is 19.3 Å². The molecule has 53 valence electrons. The zero-order chi connectivity index (χ0) is 6.74. The molecule has 1 saturated heterocycles. The number of rotatable bonds is 3. The van der Waals surface area contributed by atoms with Crippen LogP contribution >= 0.6 is 0 Å². The molecule has 0 aliphatic carbocycles. The first-order chi connectivity index (χ1) is 4.33. The van der Waals surface area contributed by atoms with E-state index in [0.29, 0.717) is 0 Å². The lowest BCUT2D eigenvalue weighted by Crippen LogP contribution is -2.46. The lowest BCUT2D eigenvalue weighted by atomic mass is 9.96. The Labute approximate surface area is 56.2 Å². The monoisotopic (exact) mass is 129 g/mol. The highest BCUT2D eigenvalue weighted by molar-refractivity contribution is 4.96. The van der Waals surface area contributed by atoms with Crippen molar-refractivity contribution in [1.29, 1.82) is 0 Å². The van der Waals surface area contributed by atoms with Gasteiger partial charge in [-0.25, -0.2) is 0 Å². The Balaban J connectivity index is 2.28. The fourth-order valence-corrected chi connectivity index (χ4v) is 1.03. The van der Waals surface area contributed by atoms with Gasteiger partial charge in [-0.1, -0.05) is 13.3 Å². The molecule has 0 spiro atoms. The molecule has 9 heavy (non-hydrogen) atoms. The molecule has 1 unspecified atom stereocenters. The molecule has 1 atom stereocenters. The fourth-order valence-electron chi connectivity index (χ4n) is 1.03. The molecule has 1 rings (SSSR count). The van der Waals surface area contributed by atoms with E-state index in [9.17, 15) is 0 Å². The molecule has 1 fully saturated rings. The van der Waals surface area contributed by atoms with Gasteiger partial charge >= 0.3 is 0 Å². The van der Waals surface area contributed by atoms with E-state index in [4.69, 9.17) is 9.47 Å². The molecule has 0 aromatic carbocycles. The molecule has 2 nitrogen and oxygen atoms in total. The Hall–Kier alpha value is -0.0800. The first-order valence-electron chi connectivity index (χ1n) is 3.34. The van der Waals surface area contributed by atoms with E-state index in [2.05, 4.69) is 6.92 Å². The summed E-state index contributed by atoms with van der Waals surface area (Å²) < 4.78 is 10.2. The van der Waals surface area contributed by atoms with E-state index < -0.39 is 0 Å². The lowest BCUT2D eigenvalue weighted by Gasteiger charge is -2.39. The van der Waals surface area contributed by atoms with E-state index in [0.717, 1.165) is 19.4 Å². The third-order valence-electron chi connectivity index (χ3n) is 1.71. The van der Waals surface area contributed by atoms with Crippen LogP contribution in [0, 0.1) is 6.61 Å². The lowest BCUT2D eigenvalue weighted by molar-refractivity contribution is -0.153. The van der Waals surface area contributed by atoms with Gasteiger partial charge in [0.05, 0.1) is 6.61 Å². The Morgan fingerprint density at radius 3 is 2.56 bits per heavy atom. The first-order valence-corrected chi connectivity index (χ1v) is 3.34. The zero-order valence-corrected chi connectivity index (χ0v) is 6.02. The minimum absolute atomic E-state index is 0.0330. The van der Waals surface area contributed by atoms with Crippen LogP contribution in [0.1, 0.15) is 19.8 Å². The minimum atomic E-state index is -0.0330. The standard InChI is InChI=1S/C7H13O2/c1-3-4-7(8-2)5-9-6-7/h5H,3-4,6H2,1-2H3. The van der Waals surface area contributed by atoms with Crippen LogP contribution in [0.3, 0.4) is 0 Å². The van der Waals surface area contributed by atoms with Crippen LogP contribution in [-0.2, 0) is 9.47 Å². The molecular formula is C7H13O2. The molecule has 1 aliphatic rings. The maximum absolute atomic E-state index is 5.23. The third-order valence-corrected chi connectivity index (χ3v) is 1.71. The van der Waals surface area contributed by atoms with E-state index in [1.54, 1.807) is 13.7 Å². The Kier molecular flexibility index (Phi) is 2.09. The maximum Gasteiger partial charge on any atom is 0.120 e. The number of hydrogen-bond acceptors (Lipinski definition) is 2. The zero-order valence-electron chi connectivity index (χ0n) is 6.02. The fraction of sp³-hybridized carbons (Fsp3) is 0.857. The van der Waals surface area contributed by atoms with Crippen LogP contribution in [0.15, 0.2) is 0 Å². The summed E-state index contributed by atoms with van der Waals surface area (Å²) in [5.41, 5.74) is -0.0330. The van der Waals surface area contributed by atoms with Gasteiger partial charge in [0.1, 0.15) is 12.2 Å². The molecule has 1 radical (unpaired) electrons. The largest absolute Gasteiger partial charge is 0.373 e.